The molecule has 0 fully saturated rings. The van der Waals surface area contributed by atoms with Crippen molar-refractivity contribution < 1.29 is 27.4 Å². The van der Waals surface area contributed by atoms with Gasteiger partial charge in [-0.1, -0.05) is 6.07 Å². The van der Waals surface area contributed by atoms with Crippen molar-refractivity contribution in [3.63, 3.8) is 0 Å². The molecule has 0 radical (unpaired) electrons. The highest BCUT2D eigenvalue weighted by Gasteiger charge is 2.32. The van der Waals surface area contributed by atoms with Gasteiger partial charge in [-0.25, -0.2) is 5.84 Å². The number of hydrogen-bond donors (Lipinski definition) is 3. The van der Waals surface area contributed by atoms with Crippen LogP contribution in [0.5, 0.6) is 11.5 Å². The number of pyridine rings is 1. The number of nitrogens with two attached hydrogens (primary N) is 1. The molecule has 0 aliphatic heterocycles. The minimum absolute atomic E-state index is 0.0744. The van der Waals surface area contributed by atoms with Gasteiger partial charge < -0.3 is 14.8 Å². The third kappa shape index (κ3) is 6.85. The Morgan fingerprint density at radius 3 is 2.42 bits per heavy atom. The zero-order valence-electron chi connectivity index (χ0n) is 14.1. The summed E-state index contributed by atoms with van der Waals surface area (Å²) in [5.41, 5.74) is 3.19. The molecule has 0 aliphatic rings. The van der Waals surface area contributed by atoms with Crippen molar-refractivity contribution >= 4 is 12.1 Å². The molecule has 4 N–H and O–H groups in total. The zero-order valence-corrected chi connectivity index (χ0v) is 14.1. The molecule has 1 aromatic carbocycles. The molecule has 0 bridgehead atoms. The van der Waals surface area contributed by atoms with Gasteiger partial charge in [-0.2, -0.15) is 0 Å². The summed E-state index contributed by atoms with van der Waals surface area (Å²) in [5, 5.41) is 2.83. The number of hydrazine groups is 1. The van der Waals surface area contributed by atoms with Gasteiger partial charge in [0.2, 0.25) is 6.41 Å². The Kier molecular flexibility index (Phi) is 8.16. The van der Waals surface area contributed by atoms with E-state index in [0.29, 0.717) is 23.5 Å². The minimum atomic E-state index is -4.76. The molecule has 1 amide bonds. The van der Waals surface area contributed by atoms with Crippen LogP contribution in [0.1, 0.15) is 11.3 Å². The van der Waals surface area contributed by atoms with Crippen LogP contribution in [0.25, 0.3) is 0 Å². The maximum absolute atomic E-state index is 12.5. The van der Waals surface area contributed by atoms with E-state index in [2.05, 4.69) is 20.9 Å². The van der Waals surface area contributed by atoms with E-state index in [1.54, 1.807) is 43.8 Å². The van der Waals surface area contributed by atoms with Crippen molar-refractivity contribution in [2.24, 2.45) is 5.84 Å². The van der Waals surface area contributed by atoms with E-state index in [9.17, 15) is 13.2 Å². The van der Waals surface area contributed by atoms with Crippen LogP contribution in [0.15, 0.2) is 36.5 Å². The highest BCUT2D eigenvalue weighted by atomic mass is 19.4. The molecule has 0 saturated carbocycles. The summed E-state index contributed by atoms with van der Waals surface area (Å²) < 4.78 is 47.1. The normalized spacial score (nSPS) is 10.2. The first-order valence-electron chi connectivity index (χ1n) is 7.32. The lowest BCUT2D eigenvalue weighted by Gasteiger charge is -2.17. The number of benzene rings is 1. The number of aryl methyl sites for hydroxylation is 1. The van der Waals surface area contributed by atoms with Gasteiger partial charge in [0.25, 0.3) is 0 Å². The number of aromatic nitrogens is 1. The lowest BCUT2D eigenvalue weighted by atomic mass is 10.1. The van der Waals surface area contributed by atoms with Crippen LogP contribution >= 0.6 is 0 Å². The van der Waals surface area contributed by atoms with Crippen LogP contribution < -0.4 is 26.1 Å². The Labute approximate surface area is 148 Å². The van der Waals surface area contributed by atoms with E-state index in [1.807, 2.05) is 0 Å². The van der Waals surface area contributed by atoms with E-state index >= 15 is 0 Å². The van der Waals surface area contributed by atoms with Gasteiger partial charge in [-0.3, -0.25) is 15.2 Å². The summed E-state index contributed by atoms with van der Waals surface area (Å²) in [5.74, 6) is 4.62. The average molecular weight is 372 g/mol. The minimum Gasteiger partial charge on any atom is -0.487 e. The number of halogens is 3. The number of hydrogen-bond acceptors (Lipinski definition) is 6. The van der Waals surface area contributed by atoms with Crippen molar-refractivity contribution in [1.29, 1.82) is 0 Å². The van der Waals surface area contributed by atoms with E-state index in [1.165, 1.54) is 12.1 Å². The molecular formula is C16H19F3N4O3. The fraction of sp³-hybridized carbons (Fsp3) is 0.250. The van der Waals surface area contributed by atoms with Gasteiger partial charge in [0, 0.05) is 18.9 Å². The second kappa shape index (κ2) is 10.1. The quantitative estimate of drug-likeness (QED) is 0.312. The topological polar surface area (TPSA) is 98.5 Å². The van der Waals surface area contributed by atoms with Crippen molar-refractivity contribution in [1.82, 2.24) is 10.4 Å². The van der Waals surface area contributed by atoms with E-state index in [0.717, 1.165) is 0 Å². The zero-order chi connectivity index (χ0) is 19.6. The van der Waals surface area contributed by atoms with Crippen LogP contribution in [-0.2, 0) is 11.4 Å². The molecule has 0 saturated heterocycles. The summed E-state index contributed by atoms with van der Waals surface area (Å²) in [6, 6.07) is 7.78. The fourth-order valence-electron chi connectivity index (χ4n) is 1.94. The standard InChI is InChI=1S/C15H15F3N2O2.CH4N2O/c1-10-13(7-4-8-20-10)21-9-11-12(19-2)5-3-6-14(11)22-15(16,17)18;2-3-1-4/h3-8,19H,9H2,1-2H3;1H,2H2,(H,3,4). The molecule has 0 aliphatic carbocycles. The molecule has 1 aromatic heterocycles. The number of carbonyl (C=O) groups excluding carboxylic acids is 1. The van der Waals surface area contributed by atoms with Gasteiger partial charge in [-0.05, 0) is 31.2 Å². The largest absolute Gasteiger partial charge is 0.573 e. The Hall–Kier alpha value is -3.01. The molecule has 2 aromatic rings. The summed E-state index contributed by atoms with van der Waals surface area (Å²) in [4.78, 5) is 13.0. The van der Waals surface area contributed by atoms with Gasteiger partial charge in [-0.15, -0.1) is 13.2 Å². The van der Waals surface area contributed by atoms with E-state index in [4.69, 9.17) is 9.53 Å². The summed E-state index contributed by atoms with van der Waals surface area (Å²) in [6.07, 6.45) is -2.74. The molecule has 0 atom stereocenters. The lowest BCUT2D eigenvalue weighted by Crippen LogP contribution is -2.19. The predicted octanol–water partition coefficient (Wildman–Crippen LogP) is 2.52. The van der Waals surface area contributed by atoms with Crippen LogP contribution in [0.4, 0.5) is 18.9 Å². The molecule has 142 valence electrons. The number of carbonyl (C=O) groups is 1. The summed E-state index contributed by atoms with van der Waals surface area (Å²) in [7, 11) is 1.62. The number of nitrogens with zero attached hydrogens (tertiary/aromatic N) is 1. The maximum Gasteiger partial charge on any atom is 0.573 e. The highest BCUT2D eigenvalue weighted by molar-refractivity contribution is 5.57. The molecular weight excluding hydrogens is 353 g/mol. The molecule has 26 heavy (non-hydrogen) atoms. The van der Waals surface area contributed by atoms with Crippen LogP contribution in [0.3, 0.4) is 0 Å². The first-order chi connectivity index (χ1) is 12.3. The van der Waals surface area contributed by atoms with Crippen LogP contribution in [0.2, 0.25) is 0 Å². The maximum atomic E-state index is 12.5. The van der Waals surface area contributed by atoms with Crippen LogP contribution in [0, 0.1) is 6.92 Å². The Bertz CT molecular complexity index is 711. The summed E-state index contributed by atoms with van der Waals surface area (Å²) in [6.45, 7) is 1.68. The Morgan fingerprint density at radius 1 is 1.23 bits per heavy atom. The number of amides is 1. The van der Waals surface area contributed by atoms with Crippen molar-refractivity contribution in [3.8, 4) is 11.5 Å². The molecule has 2 rings (SSSR count). The second-order valence-corrected chi connectivity index (χ2v) is 4.74. The molecule has 10 heteroatoms. The predicted molar refractivity (Wildman–Crippen MR) is 89.4 cm³/mol. The van der Waals surface area contributed by atoms with Gasteiger partial charge >= 0.3 is 6.36 Å². The monoisotopic (exact) mass is 372 g/mol. The van der Waals surface area contributed by atoms with E-state index < -0.39 is 6.36 Å². The number of anilines is 1. The first-order valence-corrected chi connectivity index (χ1v) is 7.32. The van der Waals surface area contributed by atoms with Gasteiger partial charge in [0.05, 0.1) is 11.3 Å². The lowest BCUT2D eigenvalue weighted by molar-refractivity contribution is -0.275. The third-order valence-corrected chi connectivity index (χ3v) is 3.03. The smallest absolute Gasteiger partial charge is 0.487 e. The van der Waals surface area contributed by atoms with Crippen molar-refractivity contribution in [2.75, 3.05) is 12.4 Å². The fourth-order valence-corrected chi connectivity index (χ4v) is 1.94. The highest BCUT2D eigenvalue weighted by Crippen LogP contribution is 2.32. The first kappa shape index (κ1) is 21.0. The molecule has 0 unspecified atom stereocenters. The average Bonchev–Trinajstić information content (AvgIpc) is 2.60. The summed E-state index contributed by atoms with van der Waals surface area (Å²) >= 11 is 0. The van der Waals surface area contributed by atoms with Gasteiger partial charge in [0.1, 0.15) is 18.1 Å². The second-order valence-electron chi connectivity index (χ2n) is 4.74. The van der Waals surface area contributed by atoms with Crippen LogP contribution in [-0.4, -0.2) is 24.8 Å². The van der Waals surface area contributed by atoms with E-state index in [-0.39, 0.29) is 17.9 Å². The number of alkyl halides is 3. The SMILES string of the molecule is CNc1cccc(OC(F)(F)F)c1COc1cccnc1C.NNC=O. The molecule has 7 nitrogen and oxygen atoms in total. The Morgan fingerprint density at radius 2 is 1.88 bits per heavy atom. The number of rotatable bonds is 6. The Balaban J connectivity index is 0.000000765. The van der Waals surface area contributed by atoms with Crippen molar-refractivity contribution in [2.45, 2.75) is 19.9 Å². The molecule has 1 heterocycles. The van der Waals surface area contributed by atoms with Crippen molar-refractivity contribution in [3.05, 3.63) is 47.8 Å². The van der Waals surface area contributed by atoms with Gasteiger partial charge in [0.15, 0.2) is 0 Å². The number of nitrogens with one attached hydrogen (secondary N) is 2. The third-order valence-electron chi connectivity index (χ3n) is 3.03. The number of ether oxygens (including phenoxy) is 2. The molecule has 0 spiro atoms.